The zero-order chi connectivity index (χ0) is 22.5. The van der Waals surface area contributed by atoms with Gasteiger partial charge in [0.05, 0.1) is 24.7 Å². The Bertz CT molecular complexity index is 1080. The van der Waals surface area contributed by atoms with Gasteiger partial charge >= 0.3 is 0 Å². The fourth-order valence-electron chi connectivity index (χ4n) is 4.36. The molecule has 1 heterocycles. The van der Waals surface area contributed by atoms with E-state index in [1.54, 1.807) is 31.4 Å². The highest BCUT2D eigenvalue weighted by Gasteiger charge is 2.23. The number of nitrogens with zero attached hydrogens (tertiary/aromatic N) is 3. The molecule has 7 nitrogen and oxygen atoms in total. The van der Waals surface area contributed by atoms with Crippen LogP contribution >= 0.6 is 0 Å². The van der Waals surface area contributed by atoms with Crippen LogP contribution in [0.2, 0.25) is 0 Å². The fourth-order valence-corrected chi connectivity index (χ4v) is 4.36. The van der Waals surface area contributed by atoms with Crippen LogP contribution in [0.4, 0.5) is 0 Å². The molecule has 32 heavy (non-hydrogen) atoms. The molecule has 1 aliphatic carbocycles. The molecule has 0 radical (unpaired) electrons. The molecule has 1 saturated carbocycles. The Morgan fingerprint density at radius 1 is 1.09 bits per heavy atom. The van der Waals surface area contributed by atoms with Gasteiger partial charge in [0.1, 0.15) is 18.1 Å². The van der Waals surface area contributed by atoms with E-state index in [-0.39, 0.29) is 24.9 Å². The molecule has 0 saturated heterocycles. The van der Waals surface area contributed by atoms with Crippen molar-refractivity contribution in [2.75, 3.05) is 14.2 Å². The van der Waals surface area contributed by atoms with Gasteiger partial charge in [-0.25, -0.2) is 4.98 Å². The van der Waals surface area contributed by atoms with Crippen molar-refractivity contribution in [2.24, 2.45) is 0 Å². The number of rotatable bonds is 7. The van der Waals surface area contributed by atoms with Gasteiger partial charge in [-0.05, 0) is 49.2 Å². The number of para-hydroxylation sites is 2. The van der Waals surface area contributed by atoms with Crippen LogP contribution in [0.1, 0.15) is 48.3 Å². The van der Waals surface area contributed by atoms with Gasteiger partial charge in [0.25, 0.3) is 5.91 Å². The monoisotopic (exact) mass is 434 g/mol. The number of hydrogen-bond donors (Lipinski definition) is 1. The Balaban J connectivity index is 1.50. The first-order valence-corrected chi connectivity index (χ1v) is 11.2. The first-order chi connectivity index (χ1) is 15.6. The molecular weight excluding hydrogens is 404 g/mol. The number of fused-ring (bicyclic) bond motifs is 1. The predicted octanol–water partition coefficient (Wildman–Crippen LogP) is 3.77. The summed E-state index contributed by atoms with van der Waals surface area (Å²) >= 11 is 0. The van der Waals surface area contributed by atoms with Gasteiger partial charge in [-0.3, -0.25) is 9.59 Å². The van der Waals surface area contributed by atoms with Crippen LogP contribution in [0.25, 0.3) is 11.0 Å². The Morgan fingerprint density at radius 2 is 1.81 bits per heavy atom. The Morgan fingerprint density at radius 3 is 2.53 bits per heavy atom. The SMILES string of the molecule is COc1ccc(C(=O)NCc2nc3ccccc3n2CC(=O)N(C)C2CCCCC2)cc1. The zero-order valence-corrected chi connectivity index (χ0v) is 18.7. The molecule has 1 fully saturated rings. The molecule has 7 heteroatoms. The van der Waals surface area contributed by atoms with Crippen molar-refractivity contribution < 1.29 is 14.3 Å². The number of hydrogen-bond acceptors (Lipinski definition) is 4. The molecule has 2 amide bonds. The normalized spacial score (nSPS) is 14.3. The number of nitrogens with one attached hydrogen (secondary N) is 1. The lowest BCUT2D eigenvalue weighted by atomic mass is 9.94. The maximum atomic E-state index is 13.1. The second kappa shape index (κ2) is 9.85. The standard InChI is InChI=1S/C25H30N4O3/c1-28(19-8-4-3-5-9-19)24(30)17-29-22-11-7-6-10-21(22)27-23(29)16-26-25(31)18-12-14-20(32-2)15-13-18/h6-7,10-15,19H,3-5,8-9,16-17H2,1-2H3,(H,26,31). The van der Waals surface area contributed by atoms with Gasteiger partial charge in [-0.15, -0.1) is 0 Å². The minimum atomic E-state index is -0.197. The number of imidazole rings is 1. The lowest BCUT2D eigenvalue weighted by Crippen LogP contribution is -2.40. The number of methoxy groups -OCH3 is 1. The third-order valence-electron chi connectivity index (χ3n) is 6.30. The van der Waals surface area contributed by atoms with Crippen LogP contribution in [-0.4, -0.2) is 46.5 Å². The van der Waals surface area contributed by atoms with Crippen LogP contribution in [-0.2, 0) is 17.9 Å². The minimum absolute atomic E-state index is 0.0720. The van der Waals surface area contributed by atoms with Crippen molar-refractivity contribution in [2.45, 2.75) is 51.2 Å². The number of amides is 2. The third kappa shape index (κ3) is 4.77. The summed E-state index contributed by atoms with van der Waals surface area (Å²) in [4.78, 5) is 32.3. The number of likely N-dealkylation sites (N-methyl/N-ethyl adjacent to an activating group) is 1. The lowest BCUT2D eigenvalue weighted by Gasteiger charge is -2.31. The molecule has 2 aromatic carbocycles. The molecule has 1 N–H and O–H groups in total. The molecule has 0 atom stereocenters. The molecular formula is C25H30N4O3. The van der Waals surface area contributed by atoms with E-state index in [1.165, 1.54) is 19.3 Å². The van der Waals surface area contributed by atoms with Crippen LogP contribution in [0.5, 0.6) is 5.75 Å². The Kier molecular flexibility index (Phi) is 6.73. The van der Waals surface area contributed by atoms with Crippen LogP contribution in [0.15, 0.2) is 48.5 Å². The predicted molar refractivity (Wildman–Crippen MR) is 124 cm³/mol. The molecule has 0 unspecified atom stereocenters. The van der Waals surface area contributed by atoms with Gasteiger partial charge in [0.2, 0.25) is 5.91 Å². The summed E-state index contributed by atoms with van der Waals surface area (Å²) in [7, 11) is 3.50. The van der Waals surface area contributed by atoms with E-state index in [1.807, 2.05) is 40.8 Å². The van der Waals surface area contributed by atoms with E-state index < -0.39 is 0 Å². The smallest absolute Gasteiger partial charge is 0.251 e. The van der Waals surface area contributed by atoms with Crippen LogP contribution < -0.4 is 10.1 Å². The van der Waals surface area contributed by atoms with Gasteiger partial charge < -0.3 is 19.5 Å². The van der Waals surface area contributed by atoms with Gasteiger partial charge in [-0.1, -0.05) is 31.4 Å². The minimum Gasteiger partial charge on any atom is -0.497 e. The molecule has 1 aliphatic rings. The first-order valence-electron chi connectivity index (χ1n) is 11.2. The highest BCUT2D eigenvalue weighted by atomic mass is 16.5. The van der Waals surface area contributed by atoms with Crippen molar-refractivity contribution in [1.29, 1.82) is 0 Å². The summed E-state index contributed by atoms with van der Waals surface area (Å²) in [5.74, 6) is 1.24. The van der Waals surface area contributed by atoms with Crippen molar-refractivity contribution >= 4 is 22.8 Å². The number of benzene rings is 2. The summed E-state index contributed by atoms with van der Waals surface area (Å²) in [6.45, 7) is 0.446. The van der Waals surface area contributed by atoms with Gasteiger partial charge in [0, 0.05) is 18.7 Å². The molecule has 4 rings (SSSR count). The Labute approximate surface area is 188 Å². The second-order valence-electron chi connectivity index (χ2n) is 8.31. The number of carbonyl (C=O) groups is 2. The van der Waals surface area contributed by atoms with E-state index in [9.17, 15) is 9.59 Å². The highest BCUT2D eigenvalue weighted by Crippen LogP contribution is 2.23. The molecule has 0 spiro atoms. The lowest BCUT2D eigenvalue weighted by molar-refractivity contribution is -0.133. The summed E-state index contributed by atoms with van der Waals surface area (Å²) < 4.78 is 7.07. The molecule has 0 bridgehead atoms. The highest BCUT2D eigenvalue weighted by molar-refractivity contribution is 5.94. The van der Waals surface area contributed by atoms with Crippen molar-refractivity contribution in [1.82, 2.24) is 19.8 Å². The second-order valence-corrected chi connectivity index (χ2v) is 8.31. The van der Waals surface area contributed by atoms with E-state index in [4.69, 9.17) is 4.74 Å². The maximum Gasteiger partial charge on any atom is 0.251 e. The molecule has 3 aromatic rings. The maximum absolute atomic E-state index is 13.1. The molecule has 168 valence electrons. The average molecular weight is 435 g/mol. The van der Waals surface area contributed by atoms with Crippen LogP contribution in [0, 0.1) is 0 Å². The van der Waals surface area contributed by atoms with Crippen LogP contribution in [0.3, 0.4) is 0 Å². The first kappa shape index (κ1) is 21.9. The van der Waals surface area contributed by atoms with Crippen molar-refractivity contribution in [3.63, 3.8) is 0 Å². The van der Waals surface area contributed by atoms with E-state index in [0.717, 1.165) is 23.9 Å². The summed E-state index contributed by atoms with van der Waals surface area (Å²) in [6.07, 6.45) is 5.75. The zero-order valence-electron chi connectivity index (χ0n) is 18.7. The quantitative estimate of drug-likeness (QED) is 0.614. The fraction of sp³-hybridized carbons (Fsp3) is 0.400. The van der Waals surface area contributed by atoms with Gasteiger partial charge in [0.15, 0.2) is 0 Å². The van der Waals surface area contributed by atoms with E-state index in [2.05, 4.69) is 10.3 Å². The number of carbonyl (C=O) groups excluding carboxylic acids is 2. The molecule has 1 aromatic heterocycles. The Hall–Kier alpha value is -3.35. The topological polar surface area (TPSA) is 76.5 Å². The van der Waals surface area contributed by atoms with Gasteiger partial charge in [-0.2, -0.15) is 0 Å². The third-order valence-corrected chi connectivity index (χ3v) is 6.30. The van der Waals surface area contributed by atoms with Crippen molar-refractivity contribution in [3.8, 4) is 5.75 Å². The summed E-state index contributed by atoms with van der Waals surface area (Å²) in [5, 5.41) is 2.93. The van der Waals surface area contributed by atoms with Crippen molar-refractivity contribution in [3.05, 3.63) is 59.9 Å². The van der Waals surface area contributed by atoms with E-state index in [0.29, 0.717) is 23.2 Å². The number of aromatic nitrogens is 2. The number of ether oxygens (including phenoxy) is 1. The molecule has 0 aliphatic heterocycles. The summed E-state index contributed by atoms with van der Waals surface area (Å²) in [6, 6.07) is 15.0. The average Bonchev–Trinajstić information content (AvgIpc) is 3.19. The largest absolute Gasteiger partial charge is 0.497 e. The van der Waals surface area contributed by atoms with E-state index >= 15 is 0 Å². The summed E-state index contributed by atoms with van der Waals surface area (Å²) in [5.41, 5.74) is 2.25.